The molecule has 1 fully saturated rings. The first-order chi connectivity index (χ1) is 7.20. The summed E-state index contributed by atoms with van der Waals surface area (Å²) in [7, 11) is 0. The summed E-state index contributed by atoms with van der Waals surface area (Å²) < 4.78 is 0.894. The van der Waals surface area contributed by atoms with Crippen molar-refractivity contribution >= 4 is 22.9 Å². The molecule has 1 aliphatic rings. The summed E-state index contributed by atoms with van der Waals surface area (Å²) in [6.07, 6.45) is 2.53. The van der Waals surface area contributed by atoms with Gasteiger partial charge in [0.25, 0.3) is 0 Å². The lowest BCUT2D eigenvalue weighted by atomic mass is 10.2. The van der Waals surface area contributed by atoms with Gasteiger partial charge in [-0.05, 0) is 43.4 Å². The molecular formula is C12H18ClNS. The second-order valence-corrected chi connectivity index (χ2v) is 6.23. The van der Waals surface area contributed by atoms with E-state index in [1.807, 2.05) is 6.07 Å². The fraction of sp³-hybridized carbons (Fsp3) is 0.667. The minimum absolute atomic E-state index is 0.496. The van der Waals surface area contributed by atoms with Gasteiger partial charge in [-0.25, -0.2) is 0 Å². The molecule has 1 nitrogen and oxygen atoms in total. The van der Waals surface area contributed by atoms with Crippen LogP contribution in [0.3, 0.4) is 0 Å². The predicted octanol–water partition coefficient (Wildman–Crippen LogP) is 4.10. The summed E-state index contributed by atoms with van der Waals surface area (Å²) in [6, 6.07) is 4.63. The summed E-state index contributed by atoms with van der Waals surface area (Å²) in [5.74, 6) is 1.84. The topological polar surface area (TPSA) is 12.0 Å². The van der Waals surface area contributed by atoms with Crippen LogP contribution < -0.4 is 5.32 Å². The Morgan fingerprint density at radius 1 is 1.60 bits per heavy atom. The molecule has 1 aromatic rings. The molecule has 0 amide bonds. The maximum atomic E-state index is 5.95. The van der Waals surface area contributed by atoms with E-state index in [1.165, 1.54) is 11.3 Å². The third-order valence-corrected chi connectivity index (χ3v) is 4.59. The standard InChI is InChI=1S/C12H18ClNS/c1-3-10(11-4-5-12(13)15-11)14-7-9-6-8(9)2/h4-5,8-10,14H,3,6-7H2,1-2H3. The summed E-state index contributed by atoms with van der Waals surface area (Å²) in [6.45, 7) is 5.71. The molecule has 0 aromatic carbocycles. The normalized spacial score (nSPS) is 26.6. The zero-order valence-corrected chi connectivity index (χ0v) is 10.9. The van der Waals surface area contributed by atoms with Crippen molar-refractivity contribution in [3.8, 4) is 0 Å². The van der Waals surface area contributed by atoms with Gasteiger partial charge in [-0.3, -0.25) is 0 Å². The fourth-order valence-corrected chi connectivity index (χ4v) is 3.16. The summed E-state index contributed by atoms with van der Waals surface area (Å²) in [5.41, 5.74) is 0. The van der Waals surface area contributed by atoms with Gasteiger partial charge in [-0.1, -0.05) is 25.4 Å². The number of hydrogen-bond acceptors (Lipinski definition) is 2. The third kappa shape index (κ3) is 2.96. The van der Waals surface area contributed by atoms with E-state index in [1.54, 1.807) is 11.3 Å². The van der Waals surface area contributed by atoms with Gasteiger partial charge in [0.15, 0.2) is 0 Å². The smallest absolute Gasteiger partial charge is 0.0931 e. The van der Waals surface area contributed by atoms with Gasteiger partial charge in [0, 0.05) is 10.9 Å². The molecule has 0 aliphatic heterocycles. The first-order valence-electron chi connectivity index (χ1n) is 5.69. The maximum absolute atomic E-state index is 5.95. The van der Waals surface area contributed by atoms with Crippen LogP contribution in [0.15, 0.2) is 12.1 Å². The number of nitrogens with one attached hydrogen (secondary N) is 1. The second kappa shape index (κ2) is 4.86. The molecule has 0 radical (unpaired) electrons. The molecule has 1 saturated carbocycles. The van der Waals surface area contributed by atoms with Gasteiger partial charge in [0.2, 0.25) is 0 Å². The van der Waals surface area contributed by atoms with Crippen molar-refractivity contribution in [3.63, 3.8) is 0 Å². The van der Waals surface area contributed by atoms with Crippen LogP contribution in [-0.4, -0.2) is 6.54 Å². The number of halogens is 1. The molecule has 0 bridgehead atoms. The molecule has 0 saturated heterocycles. The number of rotatable bonds is 5. The van der Waals surface area contributed by atoms with Crippen LogP contribution in [0.2, 0.25) is 4.34 Å². The van der Waals surface area contributed by atoms with Gasteiger partial charge >= 0.3 is 0 Å². The van der Waals surface area contributed by atoms with Crippen LogP contribution in [0.4, 0.5) is 0 Å². The molecule has 15 heavy (non-hydrogen) atoms. The third-order valence-electron chi connectivity index (χ3n) is 3.25. The monoisotopic (exact) mass is 243 g/mol. The zero-order chi connectivity index (χ0) is 10.8. The van der Waals surface area contributed by atoms with Crippen molar-refractivity contribution in [2.24, 2.45) is 11.8 Å². The fourth-order valence-electron chi connectivity index (χ4n) is 1.94. The van der Waals surface area contributed by atoms with Crippen LogP contribution >= 0.6 is 22.9 Å². The second-order valence-electron chi connectivity index (χ2n) is 4.48. The van der Waals surface area contributed by atoms with E-state index in [0.717, 1.165) is 29.1 Å². The Kier molecular flexibility index (Phi) is 3.70. The van der Waals surface area contributed by atoms with Crippen LogP contribution in [-0.2, 0) is 0 Å². The lowest BCUT2D eigenvalue weighted by Gasteiger charge is -2.15. The highest BCUT2D eigenvalue weighted by atomic mass is 35.5. The zero-order valence-electron chi connectivity index (χ0n) is 9.29. The highest BCUT2D eigenvalue weighted by molar-refractivity contribution is 7.16. The van der Waals surface area contributed by atoms with Crippen molar-refractivity contribution in [2.45, 2.75) is 32.7 Å². The first kappa shape index (κ1) is 11.4. The largest absolute Gasteiger partial charge is 0.309 e. The van der Waals surface area contributed by atoms with Crippen LogP contribution in [0.5, 0.6) is 0 Å². The average Bonchev–Trinajstić information content (AvgIpc) is 2.73. The van der Waals surface area contributed by atoms with Gasteiger partial charge in [-0.15, -0.1) is 11.3 Å². The van der Waals surface area contributed by atoms with E-state index in [9.17, 15) is 0 Å². The molecule has 3 heteroatoms. The Morgan fingerprint density at radius 3 is 2.80 bits per heavy atom. The molecule has 1 N–H and O–H groups in total. The molecule has 3 atom stereocenters. The van der Waals surface area contributed by atoms with E-state index in [2.05, 4.69) is 25.2 Å². The first-order valence-corrected chi connectivity index (χ1v) is 6.88. The lowest BCUT2D eigenvalue weighted by molar-refractivity contribution is 0.499. The molecule has 3 unspecified atom stereocenters. The Hall–Kier alpha value is -0.0500. The SMILES string of the molecule is CCC(NCC1CC1C)c1ccc(Cl)s1. The summed E-state index contributed by atoms with van der Waals surface area (Å²) >= 11 is 7.65. The minimum atomic E-state index is 0.496. The predicted molar refractivity (Wildman–Crippen MR) is 67.6 cm³/mol. The van der Waals surface area contributed by atoms with Crippen molar-refractivity contribution < 1.29 is 0 Å². The highest BCUT2D eigenvalue weighted by Crippen LogP contribution is 2.37. The Morgan fingerprint density at radius 2 is 2.33 bits per heavy atom. The summed E-state index contributed by atoms with van der Waals surface area (Å²) in [4.78, 5) is 1.37. The van der Waals surface area contributed by atoms with E-state index in [0.29, 0.717) is 6.04 Å². The van der Waals surface area contributed by atoms with Gasteiger partial charge in [0.1, 0.15) is 0 Å². The highest BCUT2D eigenvalue weighted by Gasteiger charge is 2.32. The Balaban J connectivity index is 1.86. The lowest BCUT2D eigenvalue weighted by Crippen LogP contribution is -2.22. The summed E-state index contributed by atoms with van der Waals surface area (Å²) in [5, 5.41) is 3.64. The molecular weight excluding hydrogens is 226 g/mol. The molecule has 1 heterocycles. The van der Waals surface area contributed by atoms with E-state index in [4.69, 9.17) is 11.6 Å². The quantitative estimate of drug-likeness (QED) is 0.821. The van der Waals surface area contributed by atoms with Gasteiger partial charge in [0.05, 0.1) is 4.34 Å². The average molecular weight is 244 g/mol. The molecule has 0 spiro atoms. The van der Waals surface area contributed by atoms with Crippen LogP contribution in [0.1, 0.15) is 37.6 Å². The van der Waals surface area contributed by atoms with Crippen molar-refractivity contribution in [1.29, 1.82) is 0 Å². The Labute approximate surface area is 101 Å². The number of hydrogen-bond donors (Lipinski definition) is 1. The molecule has 2 rings (SSSR count). The van der Waals surface area contributed by atoms with E-state index in [-0.39, 0.29) is 0 Å². The van der Waals surface area contributed by atoms with Crippen LogP contribution in [0, 0.1) is 11.8 Å². The maximum Gasteiger partial charge on any atom is 0.0931 e. The number of thiophene rings is 1. The van der Waals surface area contributed by atoms with Crippen molar-refractivity contribution in [1.82, 2.24) is 5.32 Å². The Bertz CT molecular complexity index is 323. The van der Waals surface area contributed by atoms with Crippen LogP contribution in [0.25, 0.3) is 0 Å². The molecule has 1 aliphatic carbocycles. The minimum Gasteiger partial charge on any atom is -0.309 e. The van der Waals surface area contributed by atoms with E-state index < -0.39 is 0 Å². The molecule has 1 aromatic heterocycles. The van der Waals surface area contributed by atoms with Gasteiger partial charge < -0.3 is 5.32 Å². The molecule has 84 valence electrons. The van der Waals surface area contributed by atoms with Crippen molar-refractivity contribution in [2.75, 3.05) is 6.54 Å². The van der Waals surface area contributed by atoms with Crippen molar-refractivity contribution in [3.05, 3.63) is 21.3 Å². The van der Waals surface area contributed by atoms with E-state index >= 15 is 0 Å². The van der Waals surface area contributed by atoms with Gasteiger partial charge in [-0.2, -0.15) is 0 Å².